The Labute approximate surface area is 225 Å². The van der Waals surface area contributed by atoms with Crippen molar-refractivity contribution in [1.82, 2.24) is 9.62 Å². The van der Waals surface area contributed by atoms with E-state index in [2.05, 4.69) is 5.32 Å². The number of nitro benzene ring substituents is 1. The number of nitrogens with one attached hydrogen (secondary N) is 1. The first-order chi connectivity index (χ1) is 17.5. The molecule has 0 heterocycles. The summed E-state index contributed by atoms with van der Waals surface area (Å²) in [5.74, 6) is -0.177. The molecule has 0 aromatic heterocycles. The summed E-state index contributed by atoms with van der Waals surface area (Å²) >= 11 is 0. The maximum atomic E-state index is 12.7. The molecule has 1 saturated carbocycles. The minimum Gasteiger partial charge on any atom is -0.460 e. The number of hydrogen-bond acceptors (Lipinski definition) is 9. The molecule has 1 aromatic rings. The van der Waals surface area contributed by atoms with Crippen molar-refractivity contribution in [3.63, 3.8) is 0 Å². The molecule has 1 aromatic carbocycles. The molecular weight excluding hydrogens is 516 g/mol. The molecule has 13 heteroatoms. The Hall–Kier alpha value is -2.61. The number of ether oxygens (including phenoxy) is 1. The van der Waals surface area contributed by atoms with Crippen LogP contribution in [0.1, 0.15) is 66.2 Å². The van der Waals surface area contributed by atoms with Crippen LogP contribution in [0.15, 0.2) is 29.2 Å². The average molecular weight is 559 g/mol. The normalized spacial score (nSPS) is 16.1. The fourth-order valence-electron chi connectivity index (χ4n) is 4.12. The van der Waals surface area contributed by atoms with Crippen LogP contribution in [0.4, 0.5) is 5.69 Å². The van der Waals surface area contributed by atoms with Crippen LogP contribution in [0, 0.1) is 16.0 Å². The number of nitro groups is 1. The lowest BCUT2D eigenvalue weighted by atomic mass is 9.85. The van der Waals surface area contributed by atoms with E-state index in [1.165, 1.54) is 32.5 Å². The van der Waals surface area contributed by atoms with Gasteiger partial charge in [0.15, 0.2) is 4.90 Å². The van der Waals surface area contributed by atoms with Gasteiger partial charge in [0.05, 0.1) is 17.1 Å². The molecule has 0 radical (unpaired) electrons. The van der Waals surface area contributed by atoms with Crippen molar-refractivity contribution in [2.24, 2.45) is 11.7 Å². The number of carbonyl (C=O) groups is 2. The van der Waals surface area contributed by atoms with Crippen LogP contribution < -0.4 is 11.1 Å². The number of rotatable bonds is 10. The second-order valence-electron chi connectivity index (χ2n) is 10.5. The van der Waals surface area contributed by atoms with Crippen molar-refractivity contribution in [2.75, 3.05) is 20.1 Å². The number of nitrogens with zero attached hydrogens (tertiary/aromatic N) is 2. The number of amides is 1. The topological polar surface area (TPSA) is 182 Å². The van der Waals surface area contributed by atoms with Crippen molar-refractivity contribution in [1.29, 1.82) is 0 Å². The number of hydrogen-bond donors (Lipinski definition) is 3. The summed E-state index contributed by atoms with van der Waals surface area (Å²) in [7, 11) is -2.98. The number of nitrogens with two attached hydrogens (primary N) is 1. The van der Waals surface area contributed by atoms with Crippen LogP contribution in [0.3, 0.4) is 0 Å². The van der Waals surface area contributed by atoms with E-state index >= 15 is 0 Å². The predicted octanol–water partition coefficient (Wildman–Crippen LogP) is 2.34. The van der Waals surface area contributed by atoms with E-state index in [0.717, 1.165) is 42.1 Å². The van der Waals surface area contributed by atoms with Gasteiger partial charge in [0.25, 0.3) is 5.69 Å². The molecule has 0 bridgehead atoms. The monoisotopic (exact) mass is 558 g/mol. The van der Waals surface area contributed by atoms with Gasteiger partial charge in [-0.05, 0) is 39.2 Å². The third-order valence-electron chi connectivity index (χ3n) is 5.83. The number of para-hydroxylation sites is 1. The Morgan fingerprint density at radius 1 is 1.24 bits per heavy atom. The first-order valence-electron chi connectivity index (χ1n) is 12.6. The second kappa shape index (κ2) is 15.1. The van der Waals surface area contributed by atoms with Gasteiger partial charge in [0.1, 0.15) is 5.60 Å². The first kappa shape index (κ1) is 33.4. The maximum absolute atomic E-state index is 12.7. The maximum Gasteiger partial charge on any atom is 0.303 e. The third-order valence-corrected chi connectivity index (χ3v) is 7.70. The van der Waals surface area contributed by atoms with Gasteiger partial charge in [0.2, 0.25) is 15.9 Å². The van der Waals surface area contributed by atoms with Gasteiger partial charge in [-0.25, -0.2) is 8.42 Å². The Morgan fingerprint density at radius 3 is 2.32 bits per heavy atom. The van der Waals surface area contributed by atoms with Gasteiger partial charge in [-0.1, -0.05) is 44.2 Å². The summed E-state index contributed by atoms with van der Waals surface area (Å²) in [6, 6.07) is 4.33. The smallest absolute Gasteiger partial charge is 0.303 e. The summed E-state index contributed by atoms with van der Waals surface area (Å²) in [5, 5.41) is 23.8. The van der Waals surface area contributed by atoms with Crippen molar-refractivity contribution in [3.05, 3.63) is 34.4 Å². The van der Waals surface area contributed by atoms with Crippen molar-refractivity contribution >= 4 is 27.6 Å². The minimum absolute atomic E-state index is 0.173. The molecule has 1 aliphatic rings. The lowest BCUT2D eigenvalue weighted by molar-refractivity contribution is -0.387. The summed E-state index contributed by atoms with van der Waals surface area (Å²) < 4.78 is 31.0. The fraction of sp³-hybridized carbons (Fsp3) is 0.680. The van der Waals surface area contributed by atoms with Crippen molar-refractivity contribution in [2.45, 2.75) is 88.9 Å². The molecule has 1 aliphatic carbocycles. The van der Waals surface area contributed by atoms with Crippen molar-refractivity contribution < 1.29 is 32.8 Å². The number of esters is 1. The summed E-state index contributed by atoms with van der Waals surface area (Å²) in [5.41, 5.74) is 5.09. The van der Waals surface area contributed by atoms with Crippen LogP contribution in [0.5, 0.6) is 0 Å². The molecule has 0 spiro atoms. The SMILES string of the molecule is CC(=O)OC(C)(C)C.CN(C[C@H](O)CNC(=O)[C@@H](N)CC1CCCCC1)S(=O)(=O)c1ccccc1[N+](=O)[O-]. The zero-order valence-electron chi connectivity index (χ0n) is 22.9. The Balaban J connectivity index is 0.000000781. The standard InChI is InChI=1S/C19H30N4O6S.C6H12O2/c1-22(30(28,29)18-10-6-5-9-17(18)23(26)27)13-15(24)12-21-19(25)16(20)11-14-7-3-2-4-8-14;1-5(7)8-6(2,3)4/h5-6,9-10,14-16,24H,2-4,7-8,11-13,20H2,1H3,(H,21,25);1-4H3/t15-,16+;/m1./s1. The highest BCUT2D eigenvalue weighted by molar-refractivity contribution is 7.89. The lowest BCUT2D eigenvalue weighted by Gasteiger charge is -2.25. The zero-order chi connectivity index (χ0) is 29.1. The molecule has 0 saturated heterocycles. The average Bonchev–Trinajstić information content (AvgIpc) is 2.81. The van der Waals surface area contributed by atoms with Crippen LogP contribution in [0.2, 0.25) is 0 Å². The molecular formula is C25H42N4O8S. The number of aliphatic hydroxyl groups is 1. The van der Waals surface area contributed by atoms with Crippen molar-refractivity contribution in [3.8, 4) is 0 Å². The van der Waals surface area contributed by atoms with Crippen LogP contribution >= 0.6 is 0 Å². The van der Waals surface area contributed by atoms with Gasteiger partial charge < -0.3 is 20.9 Å². The minimum atomic E-state index is -4.19. The fourth-order valence-corrected chi connectivity index (χ4v) is 5.48. The largest absolute Gasteiger partial charge is 0.460 e. The molecule has 38 heavy (non-hydrogen) atoms. The van der Waals surface area contributed by atoms with E-state index in [1.807, 2.05) is 20.8 Å². The van der Waals surface area contributed by atoms with Gasteiger partial charge in [0, 0.05) is 33.1 Å². The molecule has 2 rings (SSSR count). The number of likely N-dealkylation sites (N-methyl/N-ethyl adjacent to an activating group) is 1. The van der Waals surface area contributed by atoms with E-state index in [1.54, 1.807) is 0 Å². The zero-order valence-corrected chi connectivity index (χ0v) is 23.7. The molecule has 2 atom stereocenters. The van der Waals surface area contributed by atoms with Gasteiger partial charge in [-0.3, -0.25) is 19.7 Å². The van der Waals surface area contributed by atoms with Crippen LogP contribution in [0.25, 0.3) is 0 Å². The van der Waals surface area contributed by atoms with E-state index in [0.29, 0.717) is 12.3 Å². The highest BCUT2D eigenvalue weighted by Gasteiger charge is 2.30. The van der Waals surface area contributed by atoms with Crippen LogP contribution in [-0.2, 0) is 24.3 Å². The molecule has 4 N–H and O–H groups in total. The molecule has 0 aliphatic heterocycles. The molecule has 12 nitrogen and oxygen atoms in total. The Morgan fingerprint density at radius 2 is 1.82 bits per heavy atom. The Kier molecular flexibility index (Phi) is 13.3. The number of sulfonamides is 1. The predicted molar refractivity (Wildman–Crippen MR) is 143 cm³/mol. The van der Waals surface area contributed by atoms with E-state index in [4.69, 9.17) is 10.5 Å². The molecule has 0 unspecified atom stereocenters. The van der Waals surface area contributed by atoms with E-state index in [9.17, 15) is 33.2 Å². The number of benzene rings is 1. The number of aliphatic hydroxyl groups excluding tert-OH is 1. The quantitative estimate of drug-likeness (QED) is 0.220. The van der Waals surface area contributed by atoms with Gasteiger partial charge in [-0.15, -0.1) is 0 Å². The highest BCUT2D eigenvalue weighted by Crippen LogP contribution is 2.27. The third kappa shape index (κ3) is 11.8. The molecule has 1 fully saturated rings. The summed E-state index contributed by atoms with van der Waals surface area (Å²) in [4.78, 5) is 32.3. The van der Waals surface area contributed by atoms with E-state index < -0.39 is 37.7 Å². The second-order valence-corrected chi connectivity index (χ2v) is 12.5. The van der Waals surface area contributed by atoms with Gasteiger partial charge >= 0.3 is 5.97 Å². The molecule has 1 amide bonds. The first-order valence-corrected chi connectivity index (χ1v) is 14.1. The molecule has 216 valence electrons. The lowest BCUT2D eigenvalue weighted by Crippen LogP contribution is -2.46. The van der Waals surface area contributed by atoms with E-state index in [-0.39, 0.29) is 30.6 Å². The highest BCUT2D eigenvalue weighted by atomic mass is 32.2. The summed E-state index contributed by atoms with van der Waals surface area (Å²) in [6.07, 6.45) is 5.05. The van der Waals surface area contributed by atoms with Gasteiger partial charge in [-0.2, -0.15) is 4.31 Å². The Bertz CT molecular complexity index is 1040. The summed E-state index contributed by atoms with van der Waals surface area (Å²) in [6.45, 7) is 6.42. The number of carbonyl (C=O) groups excluding carboxylic acids is 2. The van der Waals surface area contributed by atoms with Crippen LogP contribution in [-0.4, -0.2) is 72.5 Å².